The minimum atomic E-state index is -0.0301. The van der Waals surface area contributed by atoms with Gasteiger partial charge >= 0.3 is 0 Å². The average Bonchev–Trinajstić information content (AvgIpc) is 2.84. The minimum absolute atomic E-state index is 0.0301. The van der Waals surface area contributed by atoms with Gasteiger partial charge in [0.25, 0.3) is 5.91 Å². The first kappa shape index (κ1) is 10.9. The molecule has 2 heterocycles. The molecule has 0 spiro atoms. The molecule has 1 unspecified atom stereocenters. The van der Waals surface area contributed by atoms with Gasteiger partial charge in [-0.3, -0.25) is 14.7 Å². The highest BCUT2D eigenvalue weighted by molar-refractivity contribution is 5.94. The Balaban J connectivity index is 2.08. The number of nitrogens with zero attached hydrogens (tertiary/aromatic N) is 2. The first-order valence-electron chi connectivity index (χ1n) is 5.47. The summed E-state index contributed by atoms with van der Waals surface area (Å²) in [6.07, 6.45) is 5.46. The first-order chi connectivity index (χ1) is 7.68. The maximum Gasteiger partial charge on any atom is 0.257 e. The molecule has 1 aromatic heterocycles. The predicted octanol–water partition coefficient (Wildman–Crippen LogP) is 0.993. The molecular weight excluding hydrogens is 206 g/mol. The van der Waals surface area contributed by atoms with Crippen LogP contribution in [0.25, 0.3) is 0 Å². The van der Waals surface area contributed by atoms with Crippen LogP contribution in [0.3, 0.4) is 0 Å². The van der Waals surface area contributed by atoms with Crippen molar-refractivity contribution in [1.29, 1.82) is 0 Å². The Morgan fingerprint density at radius 2 is 2.44 bits per heavy atom. The summed E-state index contributed by atoms with van der Waals surface area (Å²) < 4.78 is 0. The SMILES string of the molecule is CC(=O)CC1CCCN1C(=O)c1cn[nH]c1. The molecule has 1 aromatic rings. The van der Waals surface area contributed by atoms with Crippen LogP contribution >= 0.6 is 0 Å². The molecule has 16 heavy (non-hydrogen) atoms. The molecule has 0 aromatic carbocycles. The molecule has 1 saturated heterocycles. The van der Waals surface area contributed by atoms with Crippen molar-refractivity contribution < 1.29 is 9.59 Å². The smallest absolute Gasteiger partial charge is 0.257 e. The van der Waals surface area contributed by atoms with E-state index in [0.29, 0.717) is 12.0 Å². The highest BCUT2D eigenvalue weighted by atomic mass is 16.2. The van der Waals surface area contributed by atoms with Gasteiger partial charge in [-0.1, -0.05) is 0 Å². The van der Waals surface area contributed by atoms with Gasteiger partial charge in [-0.05, 0) is 19.8 Å². The number of amides is 1. The Morgan fingerprint density at radius 3 is 3.06 bits per heavy atom. The molecular formula is C11H15N3O2. The van der Waals surface area contributed by atoms with Gasteiger partial charge in [-0.2, -0.15) is 5.10 Å². The number of nitrogens with one attached hydrogen (secondary N) is 1. The van der Waals surface area contributed by atoms with Crippen LogP contribution in [0.5, 0.6) is 0 Å². The fourth-order valence-corrected chi connectivity index (χ4v) is 2.18. The third kappa shape index (κ3) is 2.13. The Hall–Kier alpha value is -1.65. The van der Waals surface area contributed by atoms with E-state index >= 15 is 0 Å². The molecule has 0 bridgehead atoms. The highest BCUT2D eigenvalue weighted by Gasteiger charge is 2.30. The van der Waals surface area contributed by atoms with Crippen LogP contribution in [0.4, 0.5) is 0 Å². The summed E-state index contributed by atoms with van der Waals surface area (Å²) in [4.78, 5) is 24.9. The van der Waals surface area contributed by atoms with Crippen LogP contribution < -0.4 is 0 Å². The normalized spacial score (nSPS) is 20.1. The van der Waals surface area contributed by atoms with Crippen LogP contribution in [0.2, 0.25) is 0 Å². The van der Waals surface area contributed by atoms with Gasteiger partial charge in [0.1, 0.15) is 5.78 Å². The van der Waals surface area contributed by atoms with E-state index in [1.165, 1.54) is 6.20 Å². The van der Waals surface area contributed by atoms with E-state index in [1.54, 1.807) is 18.0 Å². The Kier molecular flexibility index (Phi) is 3.03. The van der Waals surface area contributed by atoms with Gasteiger partial charge in [0.05, 0.1) is 11.8 Å². The van der Waals surface area contributed by atoms with Gasteiger partial charge in [0.15, 0.2) is 0 Å². The lowest BCUT2D eigenvalue weighted by Crippen LogP contribution is -2.36. The number of aromatic nitrogens is 2. The van der Waals surface area contributed by atoms with Crippen molar-refractivity contribution >= 4 is 11.7 Å². The van der Waals surface area contributed by atoms with E-state index in [4.69, 9.17) is 0 Å². The van der Waals surface area contributed by atoms with Crippen molar-refractivity contribution in [2.45, 2.75) is 32.2 Å². The molecule has 1 aliphatic rings. The summed E-state index contributed by atoms with van der Waals surface area (Å²) >= 11 is 0. The molecule has 0 saturated carbocycles. The summed E-state index contributed by atoms with van der Waals surface area (Å²) in [5.41, 5.74) is 0.565. The first-order valence-corrected chi connectivity index (χ1v) is 5.47. The van der Waals surface area contributed by atoms with Crippen molar-refractivity contribution in [3.63, 3.8) is 0 Å². The molecule has 0 aliphatic carbocycles. The van der Waals surface area contributed by atoms with Gasteiger partial charge in [-0.25, -0.2) is 0 Å². The number of hydrogen-bond acceptors (Lipinski definition) is 3. The third-order valence-corrected chi connectivity index (χ3v) is 2.91. The number of likely N-dealkylation sites (tertiary alicyclic amines) is 1. The maximum atomic E-state index is 12.1. The number of carbonyl (C=O) groups excluding carboxylic acids is 2. The van der Waals surface area contributed by atoms with Crippen molar-refractivity contribution in [3.05, 3.63) is 18.0 Å². The van der Waals surface area contributed by atoms with E-state index in [-0.39, 0.29) is 17.7 Å². The summed E-state index contributed by atoms with van der Waals surface area (Å²) in [5.74, 6) is 0.106. The fourth-order valence-electron chi connectivity index (χ4n) is 2.18. The Morgan fingerprint density at radius 1 is 1.62 bits per heavy atom. The number of aromatic amines is 1. The largest absolute Gasteiger partial charge is 0.335 e. The second-order valence-electron chi connectivity index (χ2n) is 4.19. The van der Waals surface area contributed by atoms with E-state index < -0.39 is 0 Å². The van der Waals surface area contributed by atoms with Crippen molar-refractivity contribution in [1.82, 2.24) is 15.1 Å². The lowest BCUT2D eigenvalue weighted by Gasteiger charge is -2.23. The van der Waals surface area contributed by atoms with E-state index in [9.17, 15) is 9.59 Å². The Labute approximate surface area is 93.8 Å². The maximum absolute atomic E-state index is 12.1. The molecule has 5 heteroatoms. The molecule has 1 amide bonds. The number of carbonyl (C=O) groups is 2. The van der Waals surface area contributed by atoms with Crippen molar-refractivity contribution in [2.75, 3.05) is 6.54 Å². The minimum Gasteiger partial charge on any atom is -0.335 e. The quantitative estimate of drug-likeness (QED) is 0.827. The molecule has 5 nitrogen and oxygen atoms in total. The van der Waals surface area contributed by atoms with Crippen LogP contribution in [-0.2, 0) is 4.79 Å². The molecule has 1 atom stereocenters. The van der Waals surface area contributed by atoms with E-state index in [0.717, 1.165) is 19.4 Å². The van der Waals surface area contributed by atoms with Crippen LogP contribution in [-0.4, -0.2) is 39.4 Å². The van der Waals surface area contributed by atoms with Crippen molar-refractivity contribution in [3.8, 4) is 0 Å². The summed E-state index contributed by atoms with van der Waals surface area (Å²) in [7, 11) is 0. The van der Waals surface area contributed by atoms with Gasteiger partial charge in [-0.15, -0.1) is 0 Å². The lowest BCUT2D eigenvalue weighted by atomic mass is 10.1. The summed E-state index contributed by atoms with van der Waals surface area (Å²) in [6.45, 7) is 2.31. The standard InChI is InChI=1S/C11H15N3O2/c1-8(15)5-10-3-2-4-14(10)11(16)9-6-12-13-7-9/h6-7,10H,2-5H2,1H3,(H,12,13). The molecule has 2 rings (SSSR count). The van der Waals surface area contributed by atoms with Crippen LogP contribution in [0.15, 0.2) is 12.4 Å². The van der Waals surface area contributed by atoms with E-state index in [1.807, 2.05) is 0 Å². The average molecular weight is 221 g/mol. The zero-order valence-electron chi connectivity index (χ0n) is 9.27. The topological polar surface area (TPSA) is 66.1 Å². The molecule has 1 fully saturated rings. The van der Waals surface area contributed by atoms with Gasteiger partial charge in [0.2, 0.25) is 0 Å². The monoisotopic (exact) mass is 221 g/mol. The highest BCUT2D eigenvalue weighted by Crippen LogP contribution is 2.22. The van der Waals surface area contributed by atoms with E-state index in [2.05, 4.69) is 10.2 Å². The van der Waals surface area contributed by atoms with Crippen molar-refractivity contribution in [2.24, 2.45) is 0 Å². The second kappa shape index (κ2) is 4.47. The van der Waals surface area contributed by atoms with Crippen LogP contribution in [0, 0.1) is 0 Å². The number of hydrogen-bond donors (Lipinski definition) is 1. The zero-order chi connectivity index (χ0) is 11.5. The van der Waals surface area contributed by atoms with Gasteiger partial charge < -0.3 is 4.90 Å². The molecule has 1 N–H and O–H groups in total. The lowest BCUT2D eigenvalue weighted by molar-refractivity contribution is -0.117. The number of rotatable bonds is 3. The molecule has 86 valence electrons. The summed E-state index contributed by atoms with van der Waals surface area (Å²) in [6, 6.07) is 0.0694. The van der Waals surface area contributed by atoms with Crippen LogP contribution in [0.1, 0.15) is 36.5 Å². The third-order valence-electron chi connectivity index (χ3n) is 2.91. The number of H-pyrrole nitrogens is 1. The molecule has 1 aliphatic heterocycles. The zero-order valence-corrected chi connectivity index (χ0v) is 9.27. The summed E-state index contributed by atoms with van der Waals surface area (Å²) in [5, 5.41) is 6.39. The number of Topliss-reactive ketones (excluding diaryl/α,β-unsaturated/α-hetero) is 1. The predicted molar refractivity (Wildman–Crippen MR) is 57.9 cm³/mol. The molecule has 0 radical (unpaired) electrons. The second-order valence-corrected chi connectivity index (χ2v) is 4.19. The number of ketones is 1. The fraction of sp³-hybridized carbons (Fsp3) is 0.545. The Bertz CT molecular complexity index is 386. The van der Waals surface area contributed by atoms with Gasteiger partial charge in [0, 0.05) is 25.2 Å².